The minimum absolute atomic E-state index is 0.136. The molecule has 3 aromatic rings. The van der Waals surface area contributed by atoms with Gasteiger partial charge in [-0.25, -0.2) is 0 Å². The zero-order valence-corrected chi connectivity index (χ0v) is 12.4. The summed E-state index contributed by atoms with van der Waals surface area (Å²) in [6, 6.07) is 12.5. The van der Waals surface area contributed by atoms with Crippen LogP contribution in [-0.4, -0.2) is 10.9 Å². The van der Waals surface area contributed by atoms with Gasteiger partial charge in [-0.05, 0) is 45.6 Å². The van der Waals surface area contributed by atoms with Crippen molar-refractivity contribution < 1.29 is 9.21 Å². The number of fused-ring (bicyclic) bond motifs is 1. The molecule has 0 radical (unpaired) electrons. The number of pyridine rings is 1. The van der Waals surface area contributed by atoms with Gasteiger partial charge in [0.1, 0.15) is 0 Å². The number of benzene rings is 1. The summed E-state index contributed by atoms with van der Waals surface area (Å²) in [5.74, 6) is -0.174. The normalized spacial score (nSPS) is 10.7. The van der Waals surface area contributed by atoms with Crippen molar-refractivity contribution in [3.63, 3.8) is 0 Å². The lowest BCUT2D eigenvalue weighted by atomic mass is 10.1. The van der Waals surface area contributed by atoms with E-state index in [1.165, 1.54) is 0 Å². The van der Waals surface area contributed by atoms with Crippen LogP contribution in [0.25, 0.3) is 10.9 Å². The summed E-state index contributed by atoms with van der Waals surface area (Å²) in [7, 11) is 0. The Hall–Kier alpha value is -2.34. The third-order valence-electron chi connectivity index (χ3n) is 3.07. The molecule has 0 fully saturated rings. The number of nitrogens with one attached hydrogen (secondary N) is 2. The van der Waals surface area contributed by atoms with E-state index in [2.05, 4.69) is 26.2 Å². The molecule has 3 rings (SSSR count). The van der Waals surface area contributed by atoms with Crippen LogP contribution in [0, 0.1) is 0 Å². The Bertz CT molecular complexity index is 866. The average Bonchev–Trinajstić information content (AvgIpc) is 2.91. The SMILES string of the molecule is O=C(NCc1cc2ccccc2[nH]c1=O)c1ccc(Br)o1. The summed E-state index contributed by atoms with van der Waals surface area (Å²) >= 11 is 3.13. The van der Waals surface area contributed by atoms with Crippen LogP contribution in [-0.2, 0) is 6.54 Å². The number of hydrogen-bond donors (Lipinski definition) is 2. The molecule has 0 spiro atoms. The largest absolute Gasteiger partial charge is 0.444 e. The first kappa shape index (κ1) is 13.6. The first-order valence-corrected chi connectivity index (χ1v) is 7.07. The molecule has 2 aromatic heterocycles. The molecule has 6 heteroatoms. The standard InChI is InChI=1S/C15H11BrN2O3/c16-13-6-5-12(21-13)15(20)17-8-10-7-9-3-1-2-4-11(9)18-14(10)19/h1-7H,8H2,(H,17,20)(H,18,19). The predicted octanol–water partition coefficient (Wildman–Crippen LogP) is 2.81. The Morgan fingerprint density at radius 1 is 1.24 bits per heavy atom. The number of rotatable bonds is 3. The number of para-hydroxylation sites is 1. The molecule has 1 aromatic carbocycles. The molecule has 0 aliphatic heterocycles. The minimum Gasteiger partial charge on any atom is -0.444 e. The van der Waals surface area contributed by atoms with Gasteiger partial charge >= 0.3 is 0 Å². The molecule has 0 atom stereocenters. The highest BCUT2D eigenvalue weighted by Crippen LogP contribution is 2.14. The van der Waals surface area contributed by atoms with Crippen LogP contribution in [0.5, 0.6) is 0 Å². The van der Waals surface area contributed by atoms with Crippen molar-refractivity contribution in [2.75, 3.05) is 0 Å². The molecular formula is C15H11BrN2O3. The fourth-order valence-corrected chi connectivity index (χ4v) is 2.33. The summed E-state index contributed by atoms with van der Waals surface area (Å²) in [4.78, 5) is 26.6. The van der Waals surface area contributed by atoms with Crippen molar-refractivity contribution in [3.8, 4) is 0 Å². The number of carbonyl (C=O) groups is 1. The van der Waals surface area contributed by atoms with Crippen LogP contribution in [0.15, 0.2) is 56.3 Å². The van der Waals surface area contributed by atoms with Gasteiger partial charge in [0.05, 0.1) is 0 Å². The summed E-state index contributed by atoms with van der Waals surface area (Å²) in [6.07, 6.45) is 0. The van der Waals surface area contributed by atoms with Gasteiger partial charge in [-0.1, -0.05) is 18.2 Å². The van der Waals surface area contributed by atoms with E-state index in [9.17, 15) is 9.59 Å². The number of H-pyrrole nitrogens is 1. The maximum absolute atomic E-state index is 11.9. The lowest BCUT2D eigenvalue weighted by molar-refractivity contribution is 0.0922. The molecule has 2 N–H and O–H groups in total. The predicted molar refractivity (Wildman–Crippen MR) is 82.1 cm³/mol. The highest BCUT2D eigenvalue weighted by Gasteiger charge is 2.11. The van der Waals surface area contributed by atoms with Crippen LogP contribution in [0.3, 0.4) is 0 Å². The molecule has 0 unspecified atom stereocenters. The Morgan fingerprint density at radius 2 is 2.05 bits per heavy atom. The molecule has 0 aliphatic carbocycles. The Morgan fingerprint density at radius 3 is 2.81 bits per heavy atom. The first-order chi connectivity index (χ1) is 10.1. The van der Waals surface area contributed by atoms with Crippen molar-refractivity contribution in [3.05, 3.63) is 68.8 Å². The van der Waals surface area contributed by atoms with Gasteiger partial charge < -0.3 is 14.7 Å². The van der Waals surface area contributed by atoms with E-state index < -0.39 is 0 Å². The van der Waals surface area contributed by atoms with E-state index in [1.807, 2.05) is 24.3 Å². The Kier molecular flexibility index (Phi) is 3.62. The molecule has 0 saturated carbocycles. The summed E-state index contributed by atoms with van der Waals surface area (Å²) in [6.45, 7) is 0.136. The van der Waals surface area contributed by atoms with Gasteiger partial charge in [-0.3, -0.25) is 9.59 Å². The zero-order valence-electron chi connectivity index (χ0n) is 10.9. The maximum atomic E-state index is 11.9. The van der Waals surface area contributed by atoms with Crippen LogP contribution in [0.2, 0.25) is 0 Å². The quantitative estimate of drug-likeness (QED) is 0.765. The van der Waals surface area contributed by atoms with Gasteiger partial charge in [0, 0.05) is 17.6 Å². The second-order valence-corrected chi connectivity index (χ2v) is 5.28. The maximum Gasteiger partial charge on any atom is 0.287 e. The molecule has 0 saturated heterocycles. The summed E-state index contributed by atoms with van der Waals surface area (Å²) < 4.78 is 5.64. The molecular weight excluding hydrogens is 336 g/mol. The van der Waals surface area contributed by atoms with E-state index in [4.69, 9.17) is 4.42 Å². The van der Waals surface area contributed by atoms with Crippen molar-refractivity contribution in [1.29, 1.82) is 0 Å². The third-order valence-corrected chi connectivity index (χ3v) is 3.49. The molecule has 21 heavy (non-hydrogen) atoms. The van der Waals surface area contributed by atoms with Crippen molar-refractivity contribution in [2.45, 2.75) is 6.54 Å². The van der Waals surface area contributed by atoms with Crippen molar-refractivity contribution in [2.24, 2.45) is 0 Å². The van der Waals surface area contributed by atoms with Crippen LogP contribution in [0.1, 0.15) is 16.1 Å². The fourth-order valence-electron chi connectivity index (χ4n) is 2.02. The fraction of sp³-hybridized carbons (Fsp3) is 0.0667. The molecule has 5 nitrogen and oxygen atoms in total. The second kappa shape index (κ2) is 5.57. The van der Waals surface area contributed by atoms with E-state index >= 15 is 0 Å². The molecule has 0 bridgehead atoms. The Labute approximate surface area is 128 Å². The van der Waals surface area contributed by atoms with E-state index in [0.29, 0.717) is 10.2 Å². The topological polar surface area (TPSA) is 75.1 Å². The third kappa shape index (κ3) is 2.90. The van der Waals surface area contributed by atoms with Gasteiger partial charge in [-0.2, -0.15) is 0 Å². The van der Waals surface area contributed by atoms with Gasteiger partial charge in [0.25, 0.3) is 11.5 Å². The molecule has 1 amide bonds. The number of halogens is 1. The van der Waals surface area contributed by atoms with E-state index in [-0.39, 0.29) is 23.8 Å². The van der Waals surface area contributed by atoms with Crippen LogP contribution >= 0.6 is 15.9 Å². The summed E-state index contributed by atoms with van der Waals surface area (Å²) in [5.41, 5.74) is 1.05. The van der Waals surface area contributed by atoms with Crippen LogP contribution < -0.4 is 10.9 Å². The number of aromatic nitrogens is 1. The van der Waals surface area contributed by atoms with Gasteiger partial charge in [0.15, 0.2) is 10.4 Å². The number of carbonyl (C=O) groups excluding carboxylic acids is 1. The highest BCUT2D eigenvalue weighted by molar-refractivity contribution is 9.10. The first-order valence-electron chi connectivity index (χ1n) is 6.28. The molecule has 106 valence electrons. The van der Waals surface area contributed by atoms with E-state index in [1.54, 1.807) is 18.2 Å². The van der Waals surface area contributed by atoms with Gasteiger partial charge in [-0.15, -0.1) is 0 Å². The monoisotopic (exact) mass is 346 g/mol. The van der Waals surface area contributed by atoms with Crippen molar-refractivity contribution in [1.82, 2.24) is 10.3 Å². The van der Waals surface area contributed by atoms with Crippen molar-refractivity contribution >= 4 is 32.7 Å². The highest BCUT2D eigenvalue weighted by atomic mass is 79.9. The molecule has 2 heterocycles. The van der Waals surface area contributed by atoms with Gasteiger partial charge in [0.2, 0.25) is 0 Å². The number of aromatic amines is 1. The smallest absolute Gasteiger partial charge is 0.287 e. The minimum atomic E-state index is -0.367. The lowest BCUT2D eigenvalue weighted by Gasteiger charge is -2.04. The summed E-state index contributed by atoms with van der Waals surface area (Å²) in [5, 5.41) is 3.58. The average molecular weight is 347 g/mol. The number of amides is 1. The number of furan rings is 1. The zero-order chi connectivity index (χ0) is 14.8. The van der Waals surface area contributed by atoms with Crippen LogP contribution in [0.4, 0.5) is 0 Å². The number of hydrogen-bond acceptors (Lipinski definition) is 3. The second-order valence-electron chi connectivity index (χ2n) is 4.50. The lowest BCUT2D eigenvalue weighted by Crippen LogP contribution is -2.26. The molecule has 0 aliphatic rings. The Balaban J connectivity index is 1.80. The van der Waals surface area contributed by atoms with E-state index in [0.717, 1.165) is 10.9 Å².